The van der Waals surface area contributed by atoms with Crippen molar-refractivity contribution in [1.82, 2.24) is 5.32 Å². The molecule has 0 radical (unpaired) electrons. The van der Waals surface area contributed by atoms with E-state index in [0.717, 1.165) is 25.9 Å². The van der Waals surface area contributed by atoms with Crippen LogP contribution >= 0.6 is 0 Å². The highest BCUT2D eigenvalue weighted by molar-refractivity contribution is 5.83. The van der Waals surface area contributed by atoms with Gasteiger partial charge in [-0.1, -0.05) is 29.8 Å². The smallest absolute Gasteiger partial charge is 0.0964 e. The molecule has 1 heterocycles. The topological polar surface area (TPSA) is 24.4 Å². The second kappa shape index (κ2) is 4.96. The number of nitrogens with zero attached hydrogens (tertiary/aromatic N) is 1. The van der Waals surface area contributed by atoms with E-state index in [2.05, 4.69) is 41.5 Å². The summed E-state index contributed by atoms with van der Waals surface area (Å²) in [5.41, 5.74) is 2.76. The second-order valence-electron chi connectivity index (χ2n) is 4.09. The first-order chi connectivity index (χ1) is 7.34. The van der Waals surface area contributed by atoms with Crippen LogP contribution < -0.4 is 5.32 Å². The van der Waals surface area contributed by atoms with Gasteiger partial charge < -0.3 is 5.32 Å². The molecule has 1 N–H and O–H groups in total. The molecular weight excluding hydrogens is 184 g/mol. The number of amidine groups is 1. The fraction of sp³-hybridized carbons (Fsp3) is 0.462. The van der Waals surface area contributed by atoms with Crippen molar-refractivity contribution < 1.29 is 0 Å². The molecule has 0 fully saturated rings. The Morgan fingerprint density at radius 2 is 2.00 bits per heavy atom. The monoisotopic (exact) mass is 202 g/mol. The molecule has 0 aromatic heterocycles. The molecule has 0 spiro atoms. The van der Waals surface area contributed by atoms with E-state index in [1.54, 1.807) is 0 Å². The Morgan fingerprint density at radius 1 is 1.20 bits per heavy atom. The average Bonchev–Trinajstić information content (AvgIpc) is 2.74. The van der Waals surface area contributed by atoms with Crippen molar-refractivity contribution in [3.63, 3.8) is 0 Å². The number of aliphatic imine (C=N–C) groups is 1. The third-order valence-electron chi connectivity index (χ3n) is 2.74. The van der Waals surface area contributed by atoms with E-state index in [9.17, 15) is 0 Å². The predicted molar refractivity (Wildman–Crippen MR) is 64.4 cm³/mol. The minimum absolute atomic E-state index is 0.958. The van der Waals surface area contributed by atoms with Crippen molar-refractivity contribution in [2.45, 2.75) is 26.2 Å². The summed E-state index contributed by atoms with van der Waals surface area (Å²) in [4.78, 5) is 4.39. The lowest BCUT2D eigenvalue weighted by atomic mass is 10.1. The number of aryl methyl sites for hydroxylation is 2. The van der Waals surface area contributed by atoms with Crippen LogP contribution in [0.25, 0.3) is 0 Å². The maximum Gasteiger partial charge on any atom is 0.0964 e. The lowest BCUT2D eigenvalue weighted by Crippen LogP contribution is -2.18. The number of nitrogens with one attached hydrogen (secondary N) is 1. The average molecular weight is 202 g/mol. The lowest BCUT2D eigenvalue weighted by molar-refractivity contribution is 0.845. The van der Waals surface area contributed by atoms with Crippen LogP contribution in [0, 0.1) is 6.92 Å². The number of benzene rings is 1. The van der Waals surface area contributed by atoms with Gasteiger partial charge in [0.05, 0.1) is 12.4 Å². The summed E-state index contributed by atoms with van der Waals surface area (Å²) < 4.78 is 0. The summed E-state index contributed by atoms with van der Waals surface area (Å²) in [6.45, 7) is 4.11. The third-order valence-corrected chi connectivity index (χ3v) is 2.74. The van der Waals surface area contributed by atoms with E-state index >= 15 is 0 Å². The standard InChI is InChI=1S/C13H18N2/c1-11-5-7-12(8-6-11)3-2-4-13-14-9-10-15-13/h5-8H,2-4,9-10H2,1H3,(H,14,15). The van der Waals surface area contributed by atoms with Gasteiger partial charge >= 0.3 is 0 Å². The first-order valence-corrected chi connectivity index (χ1v) is 5.67. The van der Waals surface area contributed by atoms with E-state index in [0.29, 0.717) is 0 Å². The van der Waals surface area contributed by atoms with Gasteiger partial charge in [-0.05, 0) is 25.3 Å². The van der Waals surface area contributed by atoms with Gasteiger partial charge in [-0.25, -0.2) is 0 Å². The van der Waals surface area contributed by atoms with Crippen LogP contribution in [0.5, 0.6) is 0 Å². The normalized spacial score (nSPS) is 14.9. The molecule has 2 nitrogen and oxygen atoms in total. The minimum atomic E-state index is 0.958. The maximum atomic E-state index is 4.39. The zero-order valence-electron chi connectivity index (χ0n) is 9.29. The summed E-state index contributed by atoms with van der Waals surface area (Å²) >= 11 is 0. The van der Waals surface area contributed by atoms with Gasteiger partial charge in [0.25, 0.3) is 0 Å². The highest BCUT2D eigenvalue weighted by atomic mass is 15.1. The van der Waals surface area contributed by atoms with Crippen LogP contribution in [0.2, 0.25) is 0 Å². The molecule has 1 aliphatic heterocycles. The van der Waals surface area contributed by atoms with Crippen molar-refractivity contribution in [2.24, 2.45) is 4.99 Å². The van der Waals surface area contributed by atoms with E-state index in [4.69, 9.17) is 0 Å². The van der Waals surface area contributed by atoms with Crippen molar-refractivity contribution in [1.29, 1.82) is 0 Å². The van der Waals surface area contributed by atoms with Gasteiger partial charge in [-0.3, -0.25) is 4.99 Å². The molecular formula is C13H18N2. The fourth-order valence-electron chi connectivity index (χ4n) is 1.83. The summed E-state index contributed by atoms with van der Waals surface area (Å²) in [6.07, 6.45) is 3.43. The van der Waals surface area contributed by atoms with Crippen molar-refractivity contribution >= 4 is 5.84 Å². The van der Waals surface area contributed by atoms with E-state index in [1.165, 1.54) is 23.4 Å². The van der Waals surface area contributed by atoms with Crippen LogP contribution in [0.4, 0.5) is 0 Å². The van der Waals surface area contributed by atoms with Crippen LogP contribution in [0.3, 0.4) is 0 Å². The quantitative estimate of drug-likeness (QED) is 0.796. The molecule has 1 aromatic rings. The van der Waals surface area contributed by atoms with Crippen LogP contribution in [-0.2, 0) is 6.42 Å². The summed E-state index contributed by atoms with van der Waals surface area (Å²) in [5, 5.41) is 3.30. The Balaban J connectivity index is 1.75. The van der Waals surface area contributed by atoms with Gasteiger partial charge in [0.2, 0.25) is 0 Å². The first-order valence-electron chi connectivity index (χ1n) is 5.67. The molecule has 0 atom stereocenters. The molecule has 2 heteroatoms. The minimum Gasteiger partial charge on any atom is -0.372 e. The fourth-order valence-corrected chi connectivity index (χ4v) is 1.83. The maximum absolute atomic E-state index is 4.39. The summed E-state index contributed by atoms with van der Waals surface area (Å²) in [7, 11) is 0. The highest BCUT2D eigenvalue weighted by Gasteiger charge is 2.03. The Labute approximate surface area is 91.4 Å². The second-order valence-corrected chi connectivity index (χ2v) is 4.09. The first kappa shape index (κ1) is 10.2. The van der Waals surface area contributed by atoms with E-state index < -0.39 is 0 Å². The predicted octanol–water partition coefficient (Wildman–Crippen LogP) is 2.32. The SMILES string of the molecule is Cc1ccc(CCCC2=NCCN2)cc1. The van der Waals surface area contributed by atoms with Crippen molar-refractivity contribution in [3.8, 4) is 0 Å². The molecule has 0 bridgehead atoms. The van der Waals surface area contributed by atoms with Crippen molar-refractivity contribution in [3.05, 3.63) is 35.4 Å². The van der Waals surface area contributed by atoms with Gasteiger partial charge in [-0.2, -0.15) is 0 Å². The molecule has 1 aliphatic rings. The highest BCUT2D eigenvalue weighted by Crippen LogP contribution is 2.07. The van der Waals surface area contributed by atoms with Crippen molar-refractivity contribution in [2.75, 3.05) is 13.1 Å². The third kappa shape index (κ3) is 3.08. The van der Waals surface area contributed by atoms with E-state index in [1.807, 2.05) is 0 Å². The number of hydrogen-bond donors (Lipinski definition) is 1. The molecule has 1 aromatic carbocycles. The molecule has 0 amide bonds. The summed E-state index contributed by atoms with van der Waals surface area (Å²) in [5.74, 6) is 1.20. The lowest BCUT2D eigenvalue weighted by Gasteiger charge is -2.03. The summed E-state index contributed by atoms with van der Waals surface area (Å²) in [6, 6.07) is 8.81. The molecule has 0 unspecified atom stereocenters. The zero-order valence-corrected chi connectivity index (χ0v) is 9.29. The van der Waals surface area contributed by atoms with Gasteiger partial charge in [0, 0.05) is 13.0 Å². The number of hydrogen-bond acceptors (Lipinski definition) is 2. The van der Waals surface area contributed by atoms with Gasteiger partial charge in [0.15, 0.2) is 0 Å². The van der Waals surface area contributed by atoms with Gasteiger partial charge in [0.1, 0.15) is 0 Å². The Bertz CT molecular complexity index is 338. The Hall–Kier alpha value is -1.31. The van der Waals surface area contributed by atoms with Crippen LogP contribution in [-0.4, -0.2) is 18.9 Å². The molecule has 0 saturated carbocycles. The van der Waals surface area contributed by atoms with Crippen LogP contribution in [0.1, 0.15) is 24.0 Å². The molecule has 15 heavy (non-hydrogen) atoms. The number of rotatable bonds is 4. The molecule has 0 aliphatic carbocycles. The van der Waals surface area contributed by atoms with E-state index in [-0.39, 0.29) is 0 Å². The molecule has 2 rings (SSSR count). The van der Waals surface area contributed by atoms with Crippen LogP contribution in [0.15, 0.2) is 29.3 Å². The van der Waals surface area contributed by atoms with Gasteiger partial charge in [-0.15, -0.1) is 0 Å². The zero-order chi connectivity index (χ0) is 10.5. The largest absolute Gasteiger partial charge is 0.372 e. The molecule has 80 valence electrons. The Morgan fingerprint density at radius 3 is 2.67 bits per heavy atom. The molecule has 0 saturated heterocycles. The Kier molecular flexibility index (Phi) is 3.38.